The quantitative estimate of drug-likeness (QED) is 0.876. The van der Waals surface area contributed by atoms with Gasteiger partial charge in [-0.3, -0.25) is 4.90 Å². The first-order valence-corrected chi connectivity index (χ1v) is 6.95. The predicted molar refractivity (Wildman–Crippen MR) is 76.0 cm³/mol. The number of rotatable bonds is 5. The maximum Gasteiger partial charge on any atom is 0.0716 e. The summed E-state index contributed by atoms with van der Waals surface area (Å²) in [6.45, 7) is 4.90. The van der Waals surface area contributed by atoms with E-state index in [2.05, 4.69) is 29.2 Å². The Hall–Kier alpha value is -0.940. The number of methoxy groups -OCH3 is 1. The molecule has 0 amide bonds. The van der Waals surface area contributed by atoms with Gasteiger partial charge in [-0.25, -0.2) is 0 Å². The molecular formula is C15H24N2O2. The van der Waals surface area contributed by atoms with Crippen LogP contribution in [0, 0.1) is 0 Å². The number of nitrogens with two attached hydrogens (primary N) is 1. The topological polar surface area (TPSA) is 47.7 Å². The summed E-state index contributed by atoms with van der Waals surface area (Å²) in [5.41, 5.74) is 8.54. The first-order valence-electron chi connectivity index (χ1n) is 6.95. The molecule has 106 valence electrons. The van der Waals surface area contributed by atoms with Crippen molar-refractivity contribution in [1.82, 2.24) is 4.90 Å². The minimum atomic E-state index is 0.257. The molecule has 0 bridgehead atoms. The molecule has 1 aromatic rings. The first-order chi connectivity index (χ1) is 9.36. The van der Waals surface area contributed by atoms with Gasteiger partial charge in [-0.05, 0) is 17.5 Å². The third kappa shape index (κ3) is 3.76. The van der Waals surface area contributed by atoms with Crippen LogP contribution in [0.4, 0.5) is 0 Å². The average molecular weight is 264 g/mol. The second-order valence-electron chi connectivity index (χ2n) is 4.89. The lowest BCUT2D eigenvalue weighted by Crippen LogP contribution is -2.36. The highest BCUT2D eigenvalue weighted by Crippen LogP contribution is 2.24. The highest BCUT2D eigenvalue weighted by atomic mass is 16.5. The Balaban J connectivity index is 2.20. The van der Waals surface area contributed by atoms with E-state index in [9.17, 15) is 0 Å². The Kier molecular flexibility index (Phi) is 5.79. The molecular weight excluding hydrogens is 240 g/mol. The molecule has 0 aliphatic carbocycles. The molecule has 1 atom stereocenters. The standard InChI is InChI=1S/C15H24N2O2/c1-18-12-13-5-2-3-6-14(13)15(11-16)17-7-4-9-19-10-8-17/h2-3,5-6,15H,4,7-12,16H2,1H3. The summed E-state index contributed by atoms with van der Waals surface area (Å²) in [6, 6.07) is 8.67. The van der Waals surface area contributed by atoms with Crippen molar-refractivity contribution < 1.29 is 9.47 Å². The van der Waals surface area contributed by atoms with Gasteiger partial charge in [-0.2, -0.15) is 0 Å². The lowest BCUT2D eigenvalue weighted by atomic mass is 9.99. The maximum atomic E-state index is 6.03. The fourth-order valence-corrected chi connectivity index (χ4v) is 2.70. The van der Waals surface area contributed by atoms with Crippen LogP contribution in [0.3, 0.4) is 0 Å². The van der Waals surface area contributed by atoms with Crippen LogP contribution in [0.2, 0.25) is 0 Å². The van der Waals surface area contributed by atoms with Crippen molar-refractivity contribution in [3.63, 3.8) is 0 Å². The number of benzene rings is 1. The van der Waals surface area contributed by atoms with Gasteiger partial charge < -0.3 is 15.2 Å². The molecule has 0 spiro atoms. The summed E-state index contributed by atoms with van der Waals surface area (Å²) in [4.78, 5) is 2.43. The summed E-state index contributed by atoms with van der Waals surface area (Å²) < 4.78 is 10.8. The van der Waals surface area contributed by atoms with Crippen LogP contribution in [0.15, 0.2) is 24.3 Å². The fourth-order valence-electron chi connectivity index (χ4n) is 2.70. The Bertz CT molecular complexity index is 376. The van der Waals surface area contributed by atoms with Crippen LogP contribution >= 0.6 is 0 Å². The van der Waals surface area contributed by atoms with Crippen molar-refractivity contribution in [3.05, 3.63) is 35.4 Å². The van der Waals surface area contributed by atoms with Crippen molar-refractivity contribution in [3.8, 4) is 0 Å². The van der Waals surface area contributed by atoms with E-state index in [4.69, 9.17) is 15.2 Å². The van der Waals surface area contributed by atoms with Crippen LogP contribution in [-0.2, 0) is 16.1 Å². The Morgan fingerprint density at radius 3 is 2.95 bits per heavy atom. The van der Waals surface area contributed by atoms with Gasteiger partial charge in [0.2, 0.25) is 0 Å². The molecule has 4 heteroatoms. The second-order valence-corrected chi connectivity index (χ2v) is 4.89. The summed E-state index contributed by atoms with van der Waals surface area (Å²) in [6.07, 6.45) is 1.07. The zero-order valence-electron chi connectivity index (χ0n) is 11.7. The van der Waals surface area contributed by atoms with E-state index in [-0.39, 0.29) is 6.04 Å². The van der Waals surface area contributed by atoms with E-state index in [1.807, 2.05) is 0 Å². The normalized spacial score (nSPS) is 19.1. The molecule has 19 heavy (non-hydrogen) atoms. The molecule has 0 aromatic heterocycles. The molecule has 0 radical (unpaired) electrons. The Labute approximate surface area is 115 Å². The number of hydrogen-bond acceptors (Lipinski definition) is 4. The van der Waals surface area contributed by atoms with E-state index in [0.717, 1.165) is 32.7 Å². The Morgan fingerprint density at radius 2 is 2.16 bits per heavy atom. The molecule has 1 aromatic carbocycles. The molecule has 1 aliphatic rings. The van der Waals surface area contributed by atoms with E-state index in [1.54, 1.807) is 7.11 Å². The lowest BCUT2D eigenvalue weighted by Gasteiger charge is -2.31. The van der Waals surface area contributed by atoms with Crippen molar-refractivity contribution in [2.45, 2.75) is 19.1 Å². The van der Waals surface area contributed by atoms with E-state index in [0.29, 0.717) is 13.2 Å². The van der Waals surface area contributed by atoms with Crippen LogP contribution in [0.1, 0.15) is 23.6 Å². The monoisotopic (exact) mass is 264 g/mol. The van der Waals surface area contributed by atoms with Gasteiger partial charge in [0.25, 0.3) is 0 Å². The third-order valence-electron chi connectivity index (χ3n) is 3.63. The predicted octanol–water partition coefficient (Wildman–Crippen LogP) is 1.56. The smallest absolute Gasteiger partial charge is 0.0716 e. The number of hydrogen-bond donors (Lipinski definition) is 1. The molecule has 4 nitrogen and oxygen atoms in total. The van der Waals surface area contributed by atoms with Gasteiger partial charge in [0.1, 0.15) is 0 Å². The van der Waals surface area contributed by atoms with Crippen LogP contribution in [-0.4, -0.2) is 44.9 Å². The summed E-state index contributed by atoms with van der Waals surface area (Å²) in [5, 5.41) is 0. The zero-order chi connectivity index (χ0) is 13.5. The van der Waals surface area contributed by atoms with Gasteiger partial charge in [0, 0.05) is 39.4 Å². The van der Waals surface area contributed by atoms with Crippen molar-refractivity contribution in [2.75, 3.05) is 40.0 Å². The Morgan fingerprint density at radius 1 is 1.32 bits per heavy atom. The summed E-state index contributed by atoms with van der Waals surface area (Å²) in [7, 11) is 1.73. The maximum absolute atomic E-state index is 6.03. The van der Waals surface area contributed by atoms with Gasteiger partial charge in [-0.1, -0.05) is 24.3 Å². The number of nitrogens with zero attached hydrogens (tertiary/aromatic N) is 1. The molecule has 1 unspecified atom stereocenters. The second kappa shape index (κ2) is 7.60. The van der Waals surface area contributed by atoms with Gasteiger partial charge >= 0.3 is 0 Å². The first kappa shape index (κ1) is 14.5. The minimum Gasteiger partial charge on any atom is -0.380 e. The minimum absolute atomic E-state index is 0.257. The third-order valence-corrected chi connectivity index (χ3v) is 3.63. The van der Waals surface area contributed by atoms with Crippen LogP contribution in [0.25, 0.3) is 0 Å². The molecule has 1 heterocycles. The molecule has 2 rings (SSSR count). The molecule has 2 N–H and O–H groups in total. The number of ether oxygens (including phenoxy) is 2. The van der Waals surface area contributed by atoms with Gasteiger partial charge in [0.15, 0.2) is 0 Å². The summed E-state index contributed by atoms with van der Waals surface area (Å²) in [5.74, 6) is 0. The van der Waals surface area contributed by atoms with Crippen molar-refractivity contribution in [1.29, 1.82) is 0 Å². The van der Waals surface area contributed by atoms with Crippen molar-refractivity contribution in [2.24, 2.45) is 5.73 Å². The molecule has 1 saturated heterocycles. The van der Waals surface area contributed by atoms with E-state index >= 15 is 0 Å². The SMILES string of the molecule is COCc1ccccc1C(CN)N1CCCOCC1. The summed E-state index contributed by atoms with van der Waals surface area (Å²) >= 11 is 0. The zero-order valence-corrected chi connectivity index (χ0v) is 11.7. The molecule has 0 saturated carbocycles. The highest BCUT2D eigenvalue weighted by Gasteiger charge is 2.22. The van der Waals surface area contributed by atoms with Gasteiger partial charge in [-0.15, -0.1) is 0 Å². The van der Waals surface area contributed by atoms with E-state index in [1.165, 1.54) is 11.1 Å². The van der Waals surface area contributed by atoms with Crippen LogP contribution in [0.5, 0.6) is 0 Å². The highest BCUT2D eigenvalue weighted by molar-refractivity contribution is 5.30. The van der Waals surface area contributed by atoms with Gasteiger partial charge in [0.05, 0.1) is 13.2 Å². The fraction of sp³-hybridized carbons (Fsp3) is 0.600. The lowest BCUT2D eigenvalue weighted by molar-refractivity contribution is 0.131. The van der Waals surface area contributed by atoms with Crippen LogP contribution < -0.4 is 5.73 Å². The molecule has 1 fully saturated rings. The van der Waals surface area contributed by atoms with E-state index < -0.39 is 0 Å². The largest absolute Gasteiger partial charge is 0.380 e. The molecule has 1 aliphatic heterocycles. The average Bonchev–Trinajstić information content (AvgIpc) is 2.71. The van der Waals surface area contributed by atoms with Crippen molar-refractivity contribution >= 4 is 0 Å².